The number of benzene rings is 1. The molecular formula is C38H42N6O8. The molecule has 0 atom stereocenters. The molecule has 14 nitrogen and oxygen atoms in total. The number of rotatable bonds is 7. The lowest BCUT2D eigenvalue weighted by Gasteiger charge is -2.28. The van der Waals surface area contributed by atoms with Gasteiger partial charge in [-0.2, -0.15) is 4.90 Å². The van der Waals surface area contributed by atoms with Gasteiger partial charge in [0, 0.05) is 23.2 Å². The van der Waals surface area contributed by atoms with Gasteiger partial charge in [-0.25, -0.2) is 14.6 Å². The topological polar surface area (TPSA) is 168 Å². The maximum atomic E-state index is 14.1. The van der Waals surface area contributed by atoms with E-state index in [9.17, 15) is 19.2 Å². The Morgan fingerprint density at radius 3 is 2.13 bits per heavy atom. The molecule has 0 bridgehead atoms. The van der Waals surface area contributed by atoms with Crippen LogP contribution in [0.5, 0.6) is 5.75 Å². The summed E-state index contributed by atoms with van der Waals surface area (Å²) in [7, 11) is 1.54. The number of nitrogens with one attached hydrogen (secondary N) is 1. The Balaban J connectivity index is 1.57. The van der Waals surface area contributed by atoms with Gasteiger partial charge < -0.3 is 28.6 Å². The van der Waals surface area contributed by atoms with Crippen molar-refractivity contribution in [2.45, 2.75) is 80.1 Å². The van der Waals surface area contributed by atoms with Gasteiger partial charge in [-0.1, -0.05) is 11.2 Å². The molecule has 1 aromatic carbocycles. The van der Waals surface area contributed by atoms with Crippen molar-refractivity contribution in [2.75, 3.05) is 17.3 Å². The van der Waals surface area contributed by atoms with Crippen LogP contribution in [-0.4, -0.2) is 56.1 Å². The largest absolute Gasteiger partial charge is 0.496 e. The summed E-state index contributed by atoms with van der Waals surface area (Å²) < 4.78 is 23.6. The molecule has 0 saturated carbocycles. The third kappa shape index (κ3) is 8.12. The number of hydrogen-bond donors (Lipinski definition) is 1. The number of carbonyl (C=O) groups is 3. The summed E-state index contributed by atoms with van der Waals surface area (Å²) >= 11 is 0. The zero-order valence-electron chi connectivity index (χ0n) is 30.9. The van der Waals surface area contributed by atoms with Crippen LogP contribution in [-0.2, 0) is 16.0 Å². The van der Waals surface area contributed by atoms with E-state index in [0.29, 0.717) is 49.8 Å². The van der Waals surface area contributed by atoms with Gasteiger partial charge in [0.05, 0.1) is 48.0 Å². The summed E-state index contributed by atoms with van der Waals surface area (Å²) in [5.74, 6) is 0.312. The molecule has 0 saturated heterocycles. The van der Waals surface area contributed by atoms with E-state index >= 15 is 0 Å². The minimum absolute atomic E-state index is 0.0503. The quantitative estimate of drug-likeness (QED) is 0.179. The smallest absolute Gasteiger partial charge is 0.425 e. The molecule has 0 unspecified atom stereocenters. The molecule has 272 valence electrons. The van der Waals surface area contributed by atoms with E-state index in [0.717, 1.165) is 5.56 Å². The van der Waals surface area contributed by atoms with Crippen molar-refractivity contribution in [1.29, 1.82) is 0 Å². The Bertz CT molecular complexity index is 2180. The van der Waals surface area contributed by atoms with Crippen LogP contribution < -0.4 is 20.5 Å². The number of aryl methyl sites for hydroxylation is 3. The summed E-state index contributed by atoms with van der Waals surface area (Å²) in [4.78, 5) is 63.9. The number of imide groups is 1. The van der Waals surface area contributed by atoms with Crippen LogP contribution in [0.1, 0.15) is 74.6 Å². The fourth-order valence-corrected chi connectivity index (χ4v) is 5.54. The van der Waals surface area contributed by atoms with E-state index in [1.165, 1.54) is 30.0 Å². The lowest BCUT2D eigenvalue weighted by Crippen LogP contribution is -2.44. The first-order chi connectivity index (χ1) is 24.4. The molecule has 0 aliphatic rings. The fourth-order valence-electron chi connectivity index (χ4n) is 5.54. The van der Waals surface area contributed by atoms with Gasteiger partial charge in [-0.3, -0.25) is 14.6 Å². The summed E-state index contributed by atoms with van der Waals surface area (Å²) in [5.41, 5.74) is 1.20. The highest BCUT2D eigenvalue weighted by Crippen LogP contribution is 2.38. The van der Waals surface area contributed by atoms with E-state index in [1.807, 2.05) is 19.1 Å². The number of pyridine rings is 3. The molecular weight excluding hydrogens is 668 g/mol. The highest BCUT2D eigenvalue weighted by Gasteiger charge is 2.34. The molecule has 0 spiro atoms. The van der Waals surface area contributed by atoms with Crippen molar-refractivity contribution in [3.05, 3.63) is 93.5 Å². The number of aromatic nitrogens is 4. The Labute approximate surface area is 300 Å². The van der Waals surface area contributed by atoms with Crippen LogP contribution >= 0.6 is 0 Å². The van der Waals surface area contributed by atoms with E-state index in [-0.39, 0.29) is 23.6 Å². The van der Waals surface area contributed by atoms with Crippen LogP contribution in [0.2, 0.25) is 0 Å². The standard InChI is InChI=1S/C38H42N6O8/c1-21-15-26(19-40-32(21)44(35(47)50-37(4,5)6)36(48)51-38(7,8)9)41-33(45)28-17-24-16-27(31-22(2)42-52-23(31)3)30(49-10)18-29(24)43(34(28)46)20-25-13-11-12-14-39-25/h11-19H,20H2,1-10H3,(H,41,45). The molecule has 5 rings (SSSR count). The van der Waals surface area contributed by atoms with Crippen molar-refractivity contribution in [3.8, 4) is 16.9 Å². The van der Waals surface area contributed by atoms with Gasteiger partial charge in [0.1, 0.15) is 28.3 Å². The highest BCUT2D eigenvalue weighted by atomic mass is 16.6. The number of fused-ring (bicyclic) bond motifs is 1. The predicted octanol–water partition coefficient (Wildman–Crippen LogP) is 7.36. The van der Waals surface area contributed by atoms with Crippen molar-refractivity contribution in [3.63, 3.8) is 0 Å². The van der Waals surface area contributed by atoms with Gasteiger partial charge >= 0.3 is 12.2 Å². The molecule has 0 aliphatic heterocycles. The van der Waals surface area contributed by atoms with Gasteiger partial charge in [0.2, 0.25) is 0 Å². The average molecular weight is 711 g/mol. The van der Waals surface area contributed by atoms with Gasteiger partial charge in [-0.05, 0) is 98.2 Å². The highest BCUT2D eigenvalue weighted by molar-refractivity contribution is 6.10. The second-order valence-corrected chi connectivity index (χ2v) is 14.2. The van der Waals surface area contributed by atoms with Gasteiger partial charge in [0.25, 0.3) is 11.5 Å². The van der Waals surface area contributed by atoms with Gasteiger partial charge in [0.15, 0.2) is 5.82 Å². The lowest BCUT2D eigenvalue weighted by atomic mass is 9.99. The first-order valence-electron chi connectivity index (χ1n) is 16.5. The molecule has 52 heavy (non-hydrogen) atoms. The number of methoxy groups -OCH3 is 1. The molecule has 0 fully saturated rings. The number of ether oxygens (including phenoxy) is 3. The Morgan fingerprint density at radius 2 is 1.60 bits per heavy atom. The average Bonchev–Trinajstić information content (AvgIpc) is 3.38. The Morgan fingerprint density at radius 1 is 0.923 bits per heavy atom. The molecule has 14 heteroatoms. The van der Waals surface area contributed by atoms with Crippen LogP contribution in [0.25, 0.3) is 22.0 Å². The van der Waals surface area contributed by atoms with E-state index < -0.39 is 34.9 Å². The first-order valence-corrected chi connectivity index (χ1v) is 16.5. The summed E-state index contributed by atoms with van der Waals surface area (Å²) in [6, 6.07) is 12.0. The number of anilines is 2. The monoisotopic (exact) mass is 710 g/mol. The third-order valence-electron chi connectivity index (χ3n) is 7.68. The van der Waals surface area contributed by atoms with Crippen molar-refractivity contribution >= 4 is 40.5 Å². The van der Waals surface area contributed by atoms with Crippen molar-refractivity contribution in [1.82, 2.24) is 19.7 Å². The number of hydrogen-bond acceptors (Lipinski definition) is 11. The minimum atomic E-state index is -0.980. The minimum Gasteiger partial charge on any atom is -0.496 e. The van der Waals surface area contributed by atoms with Crippen LogP contribution in [0.15, 0.2) is 64.2 Å². The van der Waals surface area contributed by atoms with E-state index in [4.69, 9.17) is 18.7 Å². The summed E-state index contributed by atoms with van der Waals surface area (Å²) in [5, 5.41) is 7.41. The van der Waals surface area contributed by atoms with Crippen LogP contribution in [0, 0.1) is 20.8 Å². The lowest BCUT2D eigenvalue weighted by molar-refractivity contribution is 0.0428. The predicted molar refractivity (Wildman–Crippen MR) is 195 cm³/mol. The molecule has 0 radical (unpaired) electrons. The second-order valence-electron chi connectivity index (χ2n) is 14.2. The number of nitrogens with zero attached hydrogens (tertiary/aromatic N) is 5. The number of amides is 3. The molecule has 3 amide bonds. The van der Waals surface area contributed by atoms with Crippen LogP contribution in [0.3, 0.4) is 0 Å². The summed E-state index contributed by atoms with van der Waals surface area (Å²) in [6.45, 7) is 15.3. The van der Waals surface area contributed by atoms with Gasteiger partial charge in [-0.15, -0.1) is 0 Å². The molecule has 4 aromatic heterocycles. The zero-order chi connectivity index (χ0) is 38.1. The van der Waals surface area contributed by atoms with Crippen molar-refractivity contribution < 1.29 is 33.1 Å². The zero-order valence-corrected chi connectivity index (χ0v) is 30.9. The molecule has 0 aliphatic carbocycles. The maximum Gasteiger partial charge on any atom is 0.425 e. The van der Waals surface area contributed by atoms with E-state index in [1.54, 1.807) is 79.8 Å². The third-order valence-corrected chi connectivity index (χ3v) is 7.68. The van der Waals surface area contributed by atoms with Crippen LogP contribution in [0.4, 0.5) is 21.1 Å². The second kappa shape index (κ2) is 14.3. The summed E-state index contributed by atoms with van der Waals surface area (Å²) in [6.07, 6.45) is 0.939. The van der Waals surface area contributed by atoms with Crippen molar-refractivity contribution in [2.24, 2.45) is 0 Å². The molecule has 5 aromatic rings. The first kappa shape index (κ1) is 37.2. The normalized spacial score (nSPS) is 11.7. The number of carbonyl (C=O) groups excluding carboxylic acids is 3. The SMILES string of the molecule is COc1cc2c(cc1-c1c(C)noc1C)cc(C(=O)Nc1cnc(N(C(=O)OC(C)(C)C)C(=O)OC(C)(C)C)c(C)c1)c(=O)n2Cc1ccccn1. The molecule has 4 heterocycles. The fraction of sp³-hybridized carbons (Fsp3) is 0.342. The Hall–Kier alpha value is -6.05. The Kier molecular flexibility index (Phi) is 10.2. The van der Waals surface area contributed by atoms with E-state index in [2.05, 4.69) is 20.4 Å². The molecule has 1 N–H and O–H groups in total. The maximum absolute atomic E-state index is 14.1.